The SMILES string of the molecule is C=C(CN(C)Cc1ccccc1)C(=O)/C(=C/c1cc(Cl)cc(Cl)c1)c1ccccc1.C=C(CN(C)Cc1ccccc1)C(=O)/C(=C/c1ccc(C)cc1)c1ccccc1.C=C(CN(C)Cc1ccccc1)C(=O)/C(=C\c1ccc(C(F)(F)F)cc1)c1ccccc1.C=C(CN(C)Cc1ccccc1)C(=O)/C(=C\c1ccc(C)cc1)c1ccccc1.Cl.Cl.Cl.Cl. The number of alkyl halides is 3. The van der Waals surface area contributed by atoms with E-state index >= 15 is 0 Å². The Morgan fingerprint density at radius 1 is 0.290 bits per heavy atom. The van der Waals surface area contributed by atoms with Crippen LogP contribution in [0.2, 0.25) is 10.0 Å². The van der Waals surface area contributed by atoms with Crippen molar-refractivity contribution in [3.63, 3.8) is 0 Å². The van der Waals surface area contributed by atoms with Gasteiger partial charge in [-0.3, -0.25) is 38.8 Å². The number of aryl methyl sites for hydroxylation is 2. The maximum absolute atomic E-state index is 13.3. The molecule has 0 N–H and O–H groups in total. The second kappa shape index (κ2) is 52.9. The van der Waals surface area contributed by atoms with Gasteiger partial charge in [0.15, 0.2) is 23.1 Å². The molecule has 0 saturated heterocycles. The highest BCUT2D eigenvalue weighted by Crippen LogP contribution is 2.33. The highest BCUT2D eigenvalue weighted by atomic mass is 35.5. The summed E-state index contributed by atoms with van der Waals surface area (Å²) in [6.07, 6.45) is 2.94. The third-order valence-corrected chi connectivity index (χ3v) is 19.6. The van der Waals surface area contributed by atoms with Gasteiger partial charge in [-0.2, -0.15) is 13.2 Å². The molecule has 0 aliphatic heterocycles. The van der Waals surface area contributed by atoms with Gasteiger partial charge in [-0.15, -0.1) is 49.6 Å². The molecule has 0 bridgehead atoms. The topological polar surface area (TPSA) is 81.2 Å². The standard InChI is InChI=1S/C27H24F3NO.2C27H27NO.C26H23Cl2NO.4ClH/c1-20(18-31(2)19-22-9-5-3-6-10-22)26(32)25(23-11-7-4-8-12-23)17-21-13-15-24(16-14-21)27(28,29)30;2*1-21-14-16-23(17-15-21)18-26(25-12-8-5-9-13-25)27(29)22(2)19-28(3)20-24-10-6-4-7-11-24;1-19(17-29(2)18-20-9-5-3-6-10-20)26(30)25(22-11-7-4-8-12-22)15-21-13-23(27)16-24(28)14-21;;;;/h3-17H,1,18-19H2,2H3;2*4-18H,2,19-20H2,1,3H3;3-16H,1,17-18H2,2H3;4*1H/b25-17-;26-18+;26-18-;25-15+;;;;. The molecule has 8 nitrogen and oxygen atoms in total. The normalized spacial score (nSPS) is 11.3. The first kappa shape index (κ1) is 103. The van der Waals surface area contributed by atoms with E-state index in [2.05, 4.69) is 116 Å². The number of Topliss-reactive ketones (excluding diaryl/α,β-unsaturated/α-hetero) is 4. The first-order valence-corrected chi connectivity index (χ1v) is 40.1. The summed E-state index contributed by atoms with van der Waals surface area (Å²) in [5.74, 6) is -0.374. The van der Waals surface area contributed by atoms with Crippen molar-refractivity contribution in [1.29, 1.82) is 0 Å². The van der Waals surface area contributed by atoms with Crippen molar-refractivity contribution >= 4 is 143 Å². The Labute approximate surface area is 765 Å². The van der Waals surface area contributed by atoms with Crippen LogP contribution in [-0.2, 0) is 51.5 Å². The van der Waals surface area contributed by atoms with E-state index in [1.54, 1.807) is 36.4 Å². The molecule has 12 rings (SSSR count). The van der Waals surface area contributed by atoms with Crippen LogP contribution in [0.4, 0.5) is 13.2 Å². The minimum atomic E-state index is -4.40. The van der Waals surface area contributed by atoms with E-state index in [4.69, 9.17) is 23.2 Å². The summed E-state index contributed by atoms with van der Waals surface area (Å²) in [5, 5.41) is 1.05. The van der Waals surface area contributed by atoms with Gasteiger partial charge in [0.2, 0.25) is 0 Å². The van der Waals surface area contributed by atoms with E-state index in [0.717, 1.165) is 70.7 Å². The van der Waals surface area contributed by atoms with E-state index < -0.39 is 11.7 Å². The Morgan fingerprint density at radius 2 is 0.484 bits per heavy atom. The van der Waals surface area contributed by atoms with Crippen molar-refractivity contribution in [3.8, 4) is 0 Å². The molecule has 0 fully saturated rings. The summed E-state index contributed by atoms with van der Waals surface area (Å²) >= 11 is 12.3. The van der Waals surface area contributed by atoms with Crippen LogP contribution in [0.3, 0.4) is 0 Å². The lowest BCUT2D eigenvalue weighted by atomic mass is 9.94. The number of carbonyl (C=O) groups is 4. The average Bonchev–Trinajstić information content (AvgIpc) is 0.843. The zero-order valence-electron chi connectivity index (χ0n) is 70.5. The lowest BCUT2D eigenvalue weighted by molar-refractivity contribution is -0.137. The lowest BCUT2D eigenvalue weighted by Crippen LogP contribution is -2.23. The summed E-state index contributed by atoms with van der Waals surface area (Å²) in [4.78, 5) is 61.6. The van der Waals surface area contributed by atoms with Crippen molar-refractivity contribution < 1.29 is 32.3 Å². The summed E-state index contributed by atoms with van der Waals surface area (Å²) < 4.78 is 38.6. The van der Waals surface area contributed by atoms with Crippen LogP contribution in [0.5, 0.6) is 0 Å². The third kappa shape index (κ3) is 34.4. The Hall–Kier alpha value is -11.4. The zero-order valence-corrected chi connectivity index (χ0v) is 75.3. The molecule has 0 atom stereocenters. The van der Waals surface area contributed by atoms with E-state index in [9.17, 15) is 32.3 Å². The molecule has 0 heterocycles. The molecule has 12 aromatic carbocycles. The molecule has 17 heteroatoms. The first-order valence-electron chi connectivity index (χ1n) is 39.4. The molecule has 0 aliphatic carbocycles. The predicted octanol–water partition coefficient (Wildman–Crippen LogP) is 26.6. The Kier molecular flexibility index (Phi) is 44.0. The fourth-order valence-corrected chi connectivity index (χ4v) is 13.7. The molecule has 0 aromatic heterocycles. The highest BCUT2D eigenvalue weighted by Gasteiger charge is 2.30. The number of likely N-dealkylation sites (N-methyl/N-ethyl adjacent to an activating group) is 4. The summed E-state index contributed by atoms with van der Waals surface area (Å²) in [5.41, 5.74) is 17.4. The number of ketones is 4. The van der Waals surface area contributed by atoms with E-state index in [0.29, 0.717) is 98.5 Å². The van der Waals surface area contributed by atoms with Crippen LogP contribution in [0.15, 0.2) is 382 Å². The molecular formula is C107H105Cl6F3N4O4. The van der Waals surface area contributed by atoms with E-state index in [-0.39, 0.29) is 72.8 Å². The number of nitrogens with zero attached hydrogens (tertiary/aromatic N) is 4. The number of allylic oxidation sites excluding steroid dienone is 4. The molecule has 0 spiro atoms. The fraction of sp³-hybridized carbons (Fsp3) is 0.140. The van der Waals surface area contributed by atoms with Crippen molar-refractivity contribution in [2.75, 3.05) is 54.4 Å². The number of rotatable bonds is 32. The van der Waals surface area contributed by atoms with E-state index in [1.807, 2.05) is 270 Å². The fourth-order valence-electron chi connectivity index (χ4n) is 13.2. The molecule has 640 valence electrons. The molecule has 0 amide bonds. The van der Waals surface area contributed by atoms with Crippen LogP contribution in [-0.4, -0.2) is 97.1 Å². The Balaban J connectivity index is 0.000000291. The van der Waals surface area contributed by atoms with Gasteiger partial charge in [-0.05, 0) is 163 Å². The molecule has 0 saturated carbocycles. The molecular weight excluding hydrogens is 1670 g/mol. The van der Waals surface area contributed by atoms with Crippen molar-refractivity contribution in [1.82, 2.24) is 19.6 Å². The number of hydrogen-bond donors (Lipinski definition) is 0. The largest absolute Gasteiger partial charge is 0.416 e. The van der Waals surface area contributed by atoms with Crippen LogP contribution in [0.1, 0.15) is 83.5 Å². The van der Waals surface area contributed by atoms with Gasteiger partial charge in [0.1, 0.15) is 0 Å². The lowest BCUT2D eigenvalue weighted by Gasteiger charge is -2.18. The van der Waals surface area contributed by atoms with Gasteiger partial charge in [0, 0.05) is 107 Å². The minimum Gasteiger partial charge on any atom is -0.298 e. The molecule has 124 heavy (non-hydrogen) atoms. The van der Waals surface area contributed by atoms with E-state index in [1.165, 1.54) is 39.9 Å². The third-order valence-electron chi connectivity index (χ3n) is 19.1. The van der Waals surface area contributed by atoms with Gasteiger partial charge >= 0.3 is 6.18 Å². The number of halogens is 9. The predicted molar refractivity (Wildman–Crippen MR) is 524 cm³/mol. The average molecular weight is 1780 g/mol. The Morgan fingerprint density at radius 3 is 0.694 bits per heavy atom. The maximum Gasteiger partial charge on any atom is 0.416 e. The van der Waals surface area contributed by atoms with Gasteiger partial charge < -0.3 is 0 Å². The first-order chi connectivity index (χ1) is 57.7. The molecule has 0 radical (unpaired) electrons. The maximum atomic E-state index is 13.3. The van der Waals surface area contributed by atoms with Crippen LogP contribution >= 0.6 is 72.8 Å². The molecule has 12 aromatic rings. The minimum absolute atomic E-state index is 0. The van der Waals surface area contributed by atoms with Crippen LogP contribution in [0.25, 0.3) is 46.6 Å². The van der Waals surface area contributed by atoms with Gasteiger partial charge in [0.25, 0.3) is 0 Å². The van der Waals surface area contributed by atoms with Crippen molar-refractivity contribution in [3.05, 3.63) is 476 Å². The van der Waals surface area contributed by atoms with Gasteiger partial charge in [-0.25, -0.2) is 0 Å². The highest BCUT2D eigenvalue weighted by molar-refractivity contribution is 6.36. The number of hydrogen-bond acceptors (Lipinski definition) is 8. The Bertz CT molecular complexity index is 5340. The molecule has 0 aliphatic rings. The number of benzene rings is 12. The summed E-state index contributed by atoms with van der Waals surface area (Å²) in [6.45, 7) is 25.2. The molecule has 0 unspecified atom stereocenters. The van der Waals surface area contributed by atoms with Crippen molar-refractivity contribution in [2.45, 2.75) is 46.2 Å². The quantitative estimate of drug-likeness (QED) is 0.0305. The summed E-state index contributed by atoms with van der Waals surface area (Å²) in [7, 11) is 7.91. The second-order valence-electron chi connectivity index (χ2n) is 29.7. The zero-order chi connectivity index (χ0) is 85.9. The number of carbonyl (C=O) groups excluding carboxylic acids is 4. The van der Waals surface area contributed by atoms with Crippen molar-refractivity contribution in [2.24, 2.45) is 0 Å². The van der Waals surface area contributed by atoms with Crippen LogP contribution in [0, 0.1) is 13.8 Å². The van der Waals surface area contributed by atoms with Gasteiger partial charge in [-0.1, -0.05) is 364 Å². The monoisotopic (exact) mass is 1780 g/mol. The van der Waals surface area contributed by atoms with Crippen LogP contribution < -0.4 is 0 Å². The van der Waals surface area contributed by atoms with Gasteiger partial charge in [0.05, 0.1) is 5.56 Å². The summed E-state index contributed by atoms with van der Waals surface area (Å²) in [6, 6.07) is 105. The smallest absolute Gasteiger partial charge is 0.298 e. The second-order valence-corrected chi connectivity index (χ2v) is 30.6.